The molecular formula is C14H18N4S2. The van der Waals surface area contributed by atoms with Crippen LogP contribution in [0.5, 0.6) is 0 Å². The molecule has 0 saturated carbocycles. The summed E-state index contributed by atoms with van der Waals surface area (Å²) in [6.45, 7) is 6.30. The monoisotopic (exact) mass is 306 g/mol. The van der Waals surface area contributed by atoms with Crippen molar-refractivity contribution in [3.8, 4) is 0 Å². The Kier molecular flexibility index (Phi) is 4.06. The van der Waals surface area contributed by atoms with Gasteiger partial charge in [-0.25, -0.2) is 4.98 Å². The zero-order valence-electron chi connectivity index (χ0n) is 12.0. The normalized spacial score (nSPS) is 11.4. The Morgan fingerprint density at radius 2 is 1.95 bits per heavy atom. The number of para-hydroxylation sites is 1. The molecule has 2 N–H and O–H groups in total. The number of anilines is 2. The summed E-state index contributed by atoms with van der Waals surface area (Å²) in [6.07, 6.45) is 0. The Morgan fingerprint density at radius 3 is 2.50 bits per heavy atom. The van der Waals surface area contributed by atoms with Gasteiger partial charge in [-0.3, -0.25) is 0 Å². The molecule has 0 aliphatic heterocycles. The van der Waals surface area contributed by atoms with E-state index in [-0.39, 0.29) is 5.41 Å². The molecule has 0 aliphatic carbocycles. The van der Waals surface area contributed by atoms with E-state index in [1.54, 1.807) is 0 Å². The topological polar surface area (TPSA) is 55.0 Å². The van der Waals surface area contributed by atoms with E-state index in [0.29, 0.717) is 4.99 Å². The van der Waals surface area contributed by atoms with Crippen molar-refractivity contribution in [3.63, 3.8) is 0 Å². The molecule has 1 heterocycles. The third-order valence-electron chi connectivity index (χ3n) is 2.90. The average Bonchev–Trinajstić information content (AvgIpc) is 2.87. The van der Waals surface area contributed by atoms with Crippen LogP contribution in [0.15, 0.2) is 24.3 Å². The third-order valence-corrected chi connectivity index (χ3v) is 3.92. The average molecular weight is 306 g/mol. The molecule has 2 aromatic rings. The van der Waals surface area contributed by atoms with E-state index in [2.05, 4.69) is 30.1 Å². The smallest absolute Gasteiger partial charge is 0.209 e. The largest absolute Gasteiger partial charge is 0.389 e. The number of nitrogens with zero attached hydrogens (tertiary/aromatic N) is 3. The summed E-state index contributed by atoms with van der Waals surface area (Å²) in [6, 6.07) is 7.78. The summed E-state index contributed by atoms with van der Waals surface area (Å²) in [7, 11) is 1.95. The van der Waals surface area contributed by atoms with Crippen molar-refractivity contribution in [2.24, 2.45) is 5.73 Å². The van der Waals surface area contributed by atoms with Gasteiger partial charge in [0.15, 0.2) is 0 Å². The van der Waals surface area contributed by atoms with Crippen LogP contribution in [-0.2, 0) is 5.41 Å². The van der Waals surface area contributed by atoms with Crippen molar-refractivity contribution in [1.29, 1.82) is 0 Å². The lowest BCUT2D eigenvalue weighted by Gasteiger charge is -2.19. The van der Waals surface area contributed by atoms with Crippen LogP contribution < -0.4 is 10.6 Å². The van der Waals surface area contributed by atoms with Gasteiger partial charge in [0, 0.05) is 29.6 Å². The molecule has 20 heavy (non-hydrogen) atoms. The molecule has 0 amide bonds. The van der Waals surface area contributed by atoms with Gasteiger partial charge in [-0.1, -0.05) is 45.1 Å². The van der Waals surface area contributed by atoms with Crippen LogP contribution in [0, 0.1) is 0 Å². The molecule has 0 aliphatic rings. The minimum atomic E-state index is -0.0573. The highest BCUT2D eigenvalue weighted by Gasteiger charge is 2.22. The molecule has 106 valence electrons. The standard InChI is InChI=1S/C14H18N4S2/c1-14(2,3)12-16-13(20-17-12)18(4)10-8-6-5-7-9(10)11(15)19/h5-8H,1-4H3,(H2,15,19). The summed E-state index contributed by atoms with van der Waals surface area (Å²) in [4.78, 5) is 6.96. The molecule has 6 heteroatoms. The van der Waals surface area contributed by atoms with Gasteiger partial charge in [-0.05, 0) is 12.1 Å². The van der Waals surface area contributed by atoms with Crippen molar-refractivity contribution in [2.75, 3.05) is 11.9 Å². The maximum absolute atomic E-state index is 5.78. The van der Waals surface area contributed by atoms with Gasteiger partial charge in [0.05, 0.1) is 5.69 Å². The second-order valence-corrected chi connectivity index (χ2v) is 6.76. The molecule has 0 saturated heterocycles. The zero-order valence-corrected chi connectivity index (χ0v) is 13.7. The van der Waals surface area contributed by atoms with Gasteiger partial charge in [0.1, 0.15) is 10.8 Å². The van der Waals surface area contributed by atoms with Crippen molar-refractivity contribution in [1.82, 2.24) is 9.36 Å². The Morgan fingerprint density at radius 1 is 1.30 bits per heavy atom. The van der Waals surface area contributed by atoms with E-state index in [9.17, 15) is 0 Å². The van der Waals surface area contributed by atoms with Crippen LogP contribution in [0.4, 0.5) is 10.8 Å². The fourth-order valence-corrected chi connectivity index (χ4v) is 2.74. The van der Waals surface area contributed by atoms with Crippen LogP contribution in [0.1, 0.15) is 32.2 Å². The first-order chi connectivity index (χ1) is 9.30. The predicted octanol–water partition coefficient (Wildman–Crippen LogP) is 3.24. The SMILES string of the molecule is CN(c1nc(C(C)(C)C)ns1)c1ccccc1C(N)=S. The van der Waals surface area contributed by atoms with Gasteiger partial charge < -0.3 is 10.6 Å². The van der Waals surface area contributed by atoms with E-state index >= 15 is 0 Å². The van der Waals surface area contributed by atoms with Crippen molar-refractivity contribution in [3.05, 3.63) is 35.7 Å². The van der Waals surface area contributed by atoms with Gasteiger partial charge in [-0.15, -0.1) is 0 Å². The quantitative estimate of drug-likeness (QED) is 0.882. The van der Waals surface area contributed by atoms with Crippen LogP contribution >= 0.6 is 23.8 Å². The maximum atomic E-state index is 5.78. The Bertz CT molecular complexity index is 628. The molecule has 0 radical (unpaired) electrons. The highest BCUT2D eigenvalue weighted by Crippen LogP contribution is 2.30. The number of hydrogen-bond acceptors (Lipinski definition) is 5. The Hall–Kier alpha value is -1.53. The van der Waals surface area contributed by atoms with E-state index in [1.165, 1.54) is 11.5 Å². The fourth-order valence-electron chi connectivity index (χ4n) is 1.73. The molecule has 0 fully saturated rings. The number of thiocarbonyl (C=S) groups is 1. The maximum Gasteiger partial charge on any atom is 0.209 e. The van der Waals surface area contributed by atoms with Crippen LogP contribution in [-0.4, -0.2) is 21.4 Å². The zero-order chi connectivity index (χ0) is 14.9. The van der Waals surface area contributed by atoms with Gasteiger partial charge >= 0.3 is 0 Å². The highest BCUT2D eigenvalue weighted by atomic mass is 32.1. The minimum absolute atomic E-state index is 0.0573. The van der Waals surface area contributed by atoms with Crippen LogP contribution in [0.2, 0.25) is 0 Å². The second-order valence-electron chi connectivity index (χ2n) is 5.59. The van der Waals surface area contributed by atoms with Gasteiger partial charge in [-0.2, -0.15) is 4.37 Å². The lowest BCUT2D eigenvalue weighted by atomic mass is 9.96. The van der Waals surface area contributed by atoms with Gasteiger partial charge in [0.25, 0.3) is 0 Å². The molecule has 0 bridgehead atoms. The molecule has 0 unspecified atom stereocenters. The summed E-state index contributed by atoms with van der Waals surface area (Å²) < 4.78 is 4.43. The lowest BCUT2D eigenvalue weighted by Crippen LogP contribution is -2.18. The fraction of sp³-hybridized carbons (Fsp3) is 0.357. The third kappa shape index (κ3) is 2.96. The first kappa shape index (κ1) is 14.9. The summed E-state index contributed by atoms with van der Waals surface area (Å²) in [5.41, 5.74) is 7.51. The molecule has 0 atom stereocenters. The van der Waals surface area contributed by atoms with Crippen molar-refractivity contribution in [2.45, 2.75) is 26.2 Å². The summed E-state index contributed by atoms with van der Waals surface area (Å²) in [5.74, 6) is 0.845. The van der Waals surface area contributed by atoms with Crippen LogP contribution in [0.3, 0.4) is 0 Å². The molecule has 1 aromatic carbocycles. The molecular weight excluding hydrogens is 288 g/mol. The van der Waals surface area contributed by atoms with E-state index in [0.717, 1.165) is 22.2 Å². The first-order valence-corrected chi connectivity index (χ1v) is 7.45. The second kappa shape index (κ2) is 5.46. The number of hydrogen-bond donors (Lipinski definition) is 1. The van der Waals surface area contributed by atoms with Crippen molar-refractivity contribution >= 4 is 39.6 Å². The van der Waals surface area contributed by atoms with E-state index in [4.69, 9.17) is 18.0 Å². The van der Waals surface area contributed by atoms with Gasteiger partial charge in [0.2, 0.25) is 5.13 Å². The van der Waals surface area contributed by atoms with E-state index in [1.807, 2.05) is 36.2 Å². The molecule has 4 nitrogen and oxygen atoms in total. The summed E-state index contributed by atoms with van der Waals surface area (Å²) >= 11 is 6.48. The number of nitrogens with two attached hydrogens (primary N) is 1. The minimum Gasteiger partial charge on any atom is -0.389 e. The molecule has 0 spiro atoms. The Balaban J connectivity index is 2.39. The van der Waals surface area contributed by atoms with Crippen LogP contribution in [0.25, 0.3) is 0 Å². The number of benzene rings is 1. The molecule has 2 rings (SSSR count). The highest BCUT2D eigenvalue weighted by molar-refractivity contribution is 7.80. The number of aromatic nitrogens is 2. The first-order valence-electron chi connectivity index (χ1n) is 6.27. The Labute approximate surface area is 128 Å². The van der Waals surface area contributed by atoms with E-state index < -0.39 is 0 Å². The summed E-state index contributed by atoms with van der Waals surface area (Å²) in [5, 5.41) is 0.832. The lowest BCUT2D eigenvalue weighted by molar-refractivity contribution is 0.555. The molecule has 1 aromatic heterocycles. The predicted molar refractivity (Wildman–Crippen MR) is 89.0 cm³/mol. The number of rotatable bonds is 3. The van der Waals surface area contributed by atoms with Crippen molar-refractivity contribution < 1.29 is 0 Å².